The van der Waals surface area contributed by atoms with E-state index >= 15 is 0 Å². The van der Waals surface area contributed by atoms with Crippen LogP contribution in [0.5, 0.6) is 0 Å². The maximum atomic E-state index is 4.51. The Bertz CT molecular complexity index is 828. The maximum Gasteiger partial charge on any atom is 0.182 e. The van der Waals surface area contributed by atoms with Crippen LogP contribution in [0.2, 0.25) is 0 Å². The molecule has 112 valence electrons. The Morgan fingerprint density at radius 2 is 1.68 bits per heavy atom. The highest BCUT2D eigenvalue weighted by molar-refractivity contribution is 5.54. The fourth-order valence-electron chi connectivity index (χ4n) is 2.30. The molecule has 0 saturated carbocycles. The summed E-state index contributed by atoms with van der Waals surface area (Å²) in [5, 5.41) is 8.73. The maximum absolute atomic E-state index is 4.51. The average molecular weight is 293 g/mol. The van der Waals surface area contributed by atoms with Crippen LogP contribution in [0.3, 0.4) is 0 Å². The lowest BCUT2D eigenvalue weighted by Crippen LogP contribution is -2.07. The van der Waals surface area contributed by atoms with Gasteiger partial charge in [0, 0.05) is 26.0 Å². The van der Waals surface area contributed by atoms with Gasteiger partial charge in [-0.1, -0.05) is 6.07 Å². The second-order valence-corrected chi connectivity index (χ2v) is 5.57. The van der Waals surface area contributed by atoms with Crippen molar-refractivity contribution in [1.82, 2.24) is 9.38 Å². The van der Waals surface area contributed by atoms with E-state index in [9.17, 15) is 0 Å². The minimum absolute atomic E-state index is 0.774. The normalized spacial score (nSPS) is 11.5. The molecule has 5 nitrogen and oxygen atoms in total. The van der Waals surface area contributed by atoms with Crippen LogP contribution in [0.25, 0.3) is 5.65 Å². The average Bonchev–Trinajstić information content (AvgIpc) is 2.80. The molecule has 3 rings (SSSR count). The van der Waals surface area contributed by atoms with Gasteiger partial charge in [-0.25, -0.2) is 4.98 Å². The number of azo groups is 1. The molecular formula is C17H19N5. The van der Waals surface area contributed by atoms with Crippen molar-refractivity contribution in [3.63, 3.8) is 0 Å². The smallest absolute Gasteiger partial charge is 0.182 e. The van der Waals surface area contributed by atoms with Crippen LogP contribution in [0.4, 0.5) is 17.2 Å². The standard InChI is InChI=1S/C17H19N5/c1-12-5-10-16-18-13(2)17(22(16)11-12)20-19-14-6-8-15(9-7-14)21(3)4/h5-11H,1-4H3. The van der Waals surface area contributed by atoms with Gasteiger partial charge in [-0.05, 0) is 49.7 Å². The first-order chi connectivity index (χ1) is 10.5. The summed E-state index contributed by atoms with van der Waals surface area (Å²) in [4.78, 5) is 6.56. The number of anilines is 1. The summed E-state index contributed by atoms with van der Waals surface area (Å²) in [5.74, 6) is 0.774. The Labute approximate surface area is 129 Å². The van der Waals surface area contributed by atoms with Gasteiger partial charge in [0.2, 0.25) is 0 Å². The predicted molar refractivity (Wildman–Crippen MR) is 89.6 cm³/mol. The van der Waals surface area contributed by atoms with Crippen LogP contribution in [0.15, 0.2) is 52.8 Å². The van der Waals surface area contributed by atoms with Crippen molar-refractivity contribution in [1.29, 1.82) is 0 Å². The number of fused-ring (bicyclic) bond motifs is 1. The second kappa shape index (κ2) is 5.60. The van der Waals surface area contributed by atoms with E-state index in [1.807, 2.05) is 68.0 Å². The quantitative estimate of drug-likeness (QED) is 0.670. The van der Waals surface area contributed by atoms with Gasteiger partial charge in [0.05, 0.1) is 11.4 Å². The van der Waals surface area contributed by atoms with E-state index in [0.29, 0.717) is 0 Å². The van der Waals surface area contributed by atoms with Gasteiger partial charge in [-0.3, -0.25) is 4.40 Å². The summed E-state index contributed by atoms with van der Waals surface area (Å²) < 4.78 is 1.97. The van der Waals surface area contributed by atoms with Crippen LogP contribution >= 0.6 is 0 Å². The first-order valence-electron chi connectivity index (χ1n) is 7.19. The van der Waals surface area contributed by atoms with Gasteiger partial charge < -0.3 is 4.90 Å². The van der Waals surface area contributed by atoms with Crippen LogP contribution in [-0.4, -0.2) is 23.5 Å². The Morgan fingerprint density at radius 1 is 0.955 bits per heavy atom. The Morgan fingerprint density at radius 3 is 2.36 bits per heavy atom. The summed E-state index contributed by atoms with van der Waals surface area (Å²) in [5.41, 5.74) is 4.89. The molecule has 22 heavy (non-hydrogen) atoms. The SMILES string of the molecule is Cc1ccc2nc(C)c(N=Nc3ccc(N(C)C)cc3)n2c1. The summed E-state index contributed by atoms with van der Waals surface area (Å²) in [6.45, 7) is 4.00. The number of imidazole rings is 1. The van der Waals surface area contributed by atoms with Gasteiger partial charge in [0.25, 0.3) is 0 Å². The molecule has 5 heteroatoms. The minimum atomic E-state index is 0.774. The van der Waals surface area contributed by atoms with Crippen LogP contribution in [0.1, 0.15) is 11.3 Å². The number of rotatable bonds is 3. The molecule has 0 unspecified atom stereocenters. The third-order valence-corrected chi connectivity index (χ3v) is 3.54. The van der Waals surface area contributed by atoms with E-state index in [4.69, 9.17) is 0 Å². The van der Waals surface area contributed by atoms with Crippen molar-refractivity contribution in [3.8, 4) is 0 Å². The molecular weight excluding hydrogens is 274 g/mol. The zero-order valence-corrected chi connectivity index (χ0v) is 13.3. The van der Waals surface area contributed by atoms with E-state index in [-0.39, 0.29) is 0 Å². The summed E-state index contributed by atoms with van der Waals surface area (Å²) in [7, 11) is 4.03. The molecule has 0 bridgehead atoms. The van der Waals surface area contributed by atoms with Gasteiger partial charge in [0.1, 0.15) is 5.65 Å². The van der Waals surface area contributed by atoms with Crippen molar-refractivity contribution in [2.75, 3.05) is 19.0 Å². The van der Waals surface area contributed by atoms with Crippen LogP contribution < -0.4 is 4.90 Å². The zero-order valence-electron chi connectivity index (χ0n) is 13.3. The van der Waals surface area contributed by atoms with E-state index in [2.05, 4.69) is 27.0 Å². The van der Waals surface area contributed by atoms with Gasteiger partial charge in [0.15, 0.2) is 5.82 Å². The highest BCUT2D eigenvalue weighted by atomic mass is 15.2. The summed E-state index contributed by atoms with van der Waals surface area (Å²) in [6.07, 6.45) is 2.03. The number of pyridine rings is 1. The van der Waals surface area contributed by atoms with Crippen molar-refractivity contribution in [2.24, 2.45) is 10.2 Å². The topological polar surface area (TPSA) is 45.3 Å². The third kappa shape index (κ3) is 2.70. The van der Waals surface area contributed by atoms with Crippen molar-refractivity contribution in [2.45, 2.75) is 13.8 Å². The molecule has 2 heterocycles. The van der Waals surface area contributed by atoms with E-state index in [1.54, 1.807) is 0 Å². The summed E-state index contributed by atoms with van der Waals surface area (Å²) in [6, 6.07) is 12.0. The molecule has 0 spiro atoms. The van der Waals surface area contributed by atoms with Crippen molar-refractivity contribution in [3.05, 3.63) is 53.9 Å². The number of aromatic nitrogens is 2. The third-order valence-electron chi connectivity index (χ3n) is 3.54. The Balaban J connectivity index is 1.95. The van der Waals surface area contributed by atoms with Crippen molar-refractivity contribution >= 4 is 22.8 Å². The molecule has 0 amide bonds. The molecule has 0 N–H and O–H groups in total. The number of aryl methyl sites for hydroxylation is 2. The largest absolute Gasteiger partial charge is 0.378 e. The molecule has 0 aliphatic rings. The number of hydrogen-bond acceptors (Lipinski definition) is 4. The molecule has 1 aromatic carbocycles. The molecule has 2 aromatic heterocycles. The number of benzene rings is 1. The molecule has 0 radical (unpaired) electrons. The fraction of sp³-hybridized carbons (Fsp3) is 0.235. The predicted octanol–water partition coefficient (Wildman–Crippen LogP) is 4.43. The van der Waals surface area contributed by atoms with Gasteiger partial charge >= 0.3 is 0 Å². The first kappa shape index (κ1) is 14.3. The van der Waals surface area contributed by atoms with Crippen molar-refractivity contribution < 1.29 is 0 Å². The highest BCUT2D eigenvalue weighted by Gasteiger charge is 2.07. The van der Waals surface area contributed by atoms with Gasteiger partial charge in [-0.15, -0.1) is 10.2 Å². The van der Waals surface area contributed by atoms with E-state index in [1.165, 1.54) is 0 Å². The van der Waals surface area contributed by atoms with E-state index in [0.717, 1.165) is 34.1 Å². The summed E-state index contributed by atoms with van der Waals surface area (Å²) >= 11 is 0. The number of hydrogen-bond donors (Lipinski definition) is 0. The van der Waals surface area contributed by atoms with Crippen LogP contribution in [0, 0.1) is 13.8 Å². The lowest BCUT2D eigenvalue weighted by Gasteiger charge is -2.11. The highest BCUT2D eigenvalue weighted by Crippen LogP contribution is 2.25. The number of nitrogens with zero attached hydrogens (tertiary/aromatic N) is 5. The Hall–Kier alpha value is -2.69. The lowest BCUT2D eigenvalue weighted by atomic mass is 10.3. The molecule has 0 aliphatic heterocycles. The van der Waals surface area contributed by atoms with Crippen LogP contribution in [-0.2, 0) is 0 Å². The monoisotopic (exact) mass is 293 g/mol. The molecule has 0 atom stereocenters. The molecule has 0 aliphatic carbocycles. The zero-order chi connectivity index (χ0) is 15.7. The van der Waals surface area contributed by atoms with E-state index < -0.39 is 0 Å². The Kier molecular flexibility index (Phi) is 3.63. The van der Waals surface area contributed by atoms with Gasteiger partial charge in [-0.2, -0.15) is 0 Å². The first-order valence-corrected chi connectivity index (χ1v) is 7.19. The molecule has 0 saturated heterocycles. The fourth-order valence-corrected chi connectivity index (χ4v) is 2.30. The minimum Gasteiger partial charge on any atom is -0.378 e. The molecule has 0 fully saturated rings. The second-order valence-electron chi connectivity index (χ2n) is 5.57. The lowest BCUT2D eigenvalue weighted by molar-refractivity contribution is 1.08. The molecule has 3 aromatic rings.